The van der Waals surface area contributed by atoms with Crippen molar-refractivity contribution >= 4 is 28.6 Å². The summed E-state index contributed by atoms with van der Waals surface area (Å²) in [6, 6.07) is 9.68. The summed E-state index contributed by atoms with van der Waals surface area (Å²) < 4.78 is 10.3. The Bertz CT molecular complexity index is 1030. The highest BCUT2D eigenvalue weighted by molar-refractivity contribution is 6.31. The molecule has 0 radical (unpaired) electrons. The number of phenolic OH excluding ortho intramolecular Hbond substituents is 1. The van der Waals surface area contributed by atoms with Gasteiger partial charge in [-0.3, -0.25) is 0 Å². The molecule has 9 heteroatoms. The quantitative estimate of drug-likeness (QED) is 0.461. The Morgan fingerprint density at radius 2 is 1.96 bits per heavy atom. The molecule has 1 heterocycles. The summed E-state index contributed by atoms with van der Waals surface area (Å²) in [6.07, 6.45) is -1.02. The lowest BCUT2D eigenvalue weighted by Gasteiger charge is -2.13. The molecule has 0 saturated heterocycles. The number of ether oxygens (including phenoxy) is 2. The Labute approximate surface area is 165 Å². The number of benzene rings is 2. The van der Waals surface area contributed by atoms with Crippen molar-refractivity contribution in [1.29, 1.82) is 0 Å². The van der Waals surface area contributed by atoms with Gasteiger partial charge in [-0.2, -0.15) is 0 Å². The fourth-order valence-corrected chi connectivity index (χ4v) is 2.46. The maximum atomic E-state index is 11.3. The van der Waals surface area contributed by atoms with Gasteiger partial charge in [0.2, 0.25) is 0 Å². The van der Waals surface area contributed by atoms with Crippen LogP contribution in [0, 0.1) is 0 Å². The predicted molar refractivity (Wildman–Crippen MR) is 103 cm³/mol. The zero-order valence-corrected chi connectivity index (χ0v) is 15.8. The number of hydrogen-bond acceptors (Lipinski definition) is 7. The summed E-state index contributed by atoms with van der Waals surface area (Å²) in [6.45, 7) is 4.63. The lowest BCUT2D eigenvalue weighted by molar-refractivity contribution is -0.142. The van der Waals surface area contributed by atoms with Gasteiger partial charge in [0, 0.05) is 16.7 Å². The van der Waals surface area contributed by atoms with Crippen molar-refractivity contribution in [1.82, 2.24) is 15.0 Å². The van der Waals surface area contributed by atoms with Crippen molar-refractivity contribution in [2.45, 2.75) is 13.0 Å². The molecule has 1 aromatic heterocycles. The number of carbonyl (C=O) groups is 1. The van der Waals surface area contributed by atoms with Crippen LogP contribution < -0.4 is 4.74 Å². The molecule has 0 amide bonds. The first-order valence-corrected chi connectivity index (χ1v) is 8.71. The molecule has 0 saturated carbocycles. The lowest BCUT2D eigenvalue weighted by atomic mass is 10.3. The number of rotatable bonds is 7. The number of esters is 1. The largest absolute Gasteiger partial charge is 0.505 e. The van der Waals surface area contributed by atoms with Gasteiger partial charge in [-0.15, -0.1) is 15.0 Å². The number of aliphatic hydroxyl groups excluding tert-OH is 1. The van der Waals surface area contributed by atoms with Crippen LogP contribution in [0.3, 0.4) is 0 Å². The number of carbonyl (C=O) groups excluding carboxylic acids is 1. The van der Waals surface area contributed by atoms with Crippen LogP contribution in [-0.2, 0) is 9.53 Å². The lowest BCUT2D eigenvalue weighted by Crippen LogP contribution is -2.25. The molecule has 8 nitrogen and oxygen atoms in total. The SMILES string of the molecule is C=C(C)C(=O)OCC(O)COc1ccc(-n2nc3ccc(Cl)cc3n2)c(O)c1. The molecule has 0 spiro atoms. The Balaban J connectivity index is 1.65. The van der Waals surface area contributed by atoms with Crippen LogP contribution in [-0.4, -0.2) is 50.5 Å². The highest BCUT2D eigenvalue weighted by Gasteiger charge is 2.13. The second-order valence-electron chi connectivity index (χ2n) is 6.12. The highest BCUT2D eigenvalue weighted by Crippen LogP contribution is 2.27. The molecular formula is C19H18ClN3O5. The minimum Gasteiger partial charge on any atom is -0.505 e. The number of aromatic nitrogens is 3. The zero-order chi connectivity index (χ0) is 20.3. The topological polar surface area (TPSA) is 107 Å². The van der Waals surface area contributed by atoms with E-state index in [1.165, 1.54) is 17.8 Å². The summed E-state index contributed by atoms with van der Waals surface area (Å²) in [5, 5.41) is 29.2. The molecule has 0 aliphatic carbocycles. The van der Waals surface area contributed by atoms with Crippen molar-refractivity contribution in [2.75, 3.05) is 13.2 Å². The van der Waals surface area contributed by atoms with Gasteiger partial charge in [0.15, 0.2) is 0 Å². The minimum absolute atomic E-state index is 0.105. The van der Waals surface area contributed by atoms with E-state index in [2.05, 4.69) is 16.8 Å². The number of nitrogens with zero attached hydrogens (tertiary/aromatic N) is 3. The van der Waals surface area contributed by atoms with Crippen molar-refractivity contribution < 1.29 is 24.5 Å². The third-order valence-corrected chi connectivity index (χ3v) is 3.94. The van der Waals surface area contributed by atoms with Gasteiger partial charge < -0.3 is 19.7 Å². The van der Waals surface area contributed by atoms with E-state index in [0.717, 1.165) is 0 Å². The molecule has 1 atom stereocenters. The average molecular weight is 404 g/mol. The van der Waals surface area contributed by atoms with Gasteiger partial charge in [-0.1, -0.05) is 18.2 Å². The number of hydrogen-bond donors (Lipinski definition) is 2. The molecule has 2 N–H and O–H groups in total. The van der Waals surface area contributed by atoms with Crippen molar-refractivity contribution in [2.24, 2.45) is 0 Å². The Morgan fingerprint density at radius 1 is 1.21 bits per heavy atom. The number of aromatic hydroxyl groups is 1. The van der Waals surface area contributed by atoms with E-state index in [4.69, 9.17) is 21.1 Å². The highest BCUT2D eigenvalue weighted by atomic mass is 35.5. The first kappa shape index (κ1) is 19.7. The molecule has 3 aromatic rings. The van der Waals surface area contributed by atoms with Crippen molar-refractivity contribution in [3.63, 3.8) is 0 Å². The van der Waals surface area contributed by atoms with Gasteiger partial charge >= 0.3 is 5.97 Å². The van der Waals surface area contributed by atoms with E-state index in [1.807, 2.05) is 0 Å². The zero-order valence-electron chi connectivity index (χ0n) is 15.0. The van der Waals surface area contributed by atoms with Crippen LogP contribution in [0.25, 0.3) is 16.7 Å². The Morgan fingerprint density at radius 3 is 2.68 bits per heavy atom. The van der Waals surface area contributed by atoms with Gasteiger partial charge in [-0.25, -0.2) is 4.79 Å². The summed E-state index contributed by atoms with van der Waals surface area (Å²) in [5.41, 5.74) is 1.84. The molecule has 0 fully saturated rings. The van der Waals surface area contributed by atoms with E-state index in [-0.39, 0.29) is 24.5 Å². The fourth-order valence-electron chi connectivity index (χ4n) is 2.29. The maximum Gasteiger partial charge on any atom is 0.333 e. The molecule has 146 valence electrons. The summed E-state index contributed by atoms with van der Waals surface area (Å²) in [5.74, 6) is -0.361. The maximum absolute atomic E-state index is 11.3. The van der Waals surface area contributed by atoms with E-state index >= 15 is 0 Å². The first-order valence-electron chi connectivity index (χ1n) is 8.33. The van der Waals surface area contributed by atoms with Crippen LogP contribution in [0.1, 0.15) is 6.92 Å². The van der Waals surface area contributed by atoms with Crippen molar-refractivity contribution in [3.05, 3.63) is 53.6 Å². The summed E-state index contributed by atoms with van der Waals surface area (Å²) in [7, 11) is 0. The van der Waals surface area contributed by atoms with Crippen LogP contribution in [0.2, 0.25) is 5.02 Å². The summed E-state index contributed by atoms with van der Waals surface area (Å²) >= 11 is 5.95. The van der Waals surface area contributed by atoms with Crippen molar-refractivity contribution in [3.8, 4) is 17.2 Å². The predicted octanol–water partition coefficient (Wildman–Crippen LogP) is 2.64. The van der Waals surface area contributed by atoms with Crippen LogP contribution in [0.15, 0.2) is 48.6 Å². The third kappa shape index (κ3) is 4.59. The van der Waals surface area contributed by atoms with Gasteiger partial charge in [-0.05, 0) is 37.3 Å². The molecular weight excluding hydrogens is 386 g/mol. The average Bonchev–Trinajstić information content (AvgIpc) is 3.07. The first-order chi connectivity index (χ1) is 13.3. The van der Waals surface area contributed by atoms with Gasteiger partial charge in [0.25, 0.3) is 0 Å². The number of aliphatic hydroxyl groups is 1. The van der Waals surface area contributed by atoms with Crippen LogP contribution in [0.4, 0.5) is 0 Å². The second kappa shape index (κ2) is 8.28. The van der Waals surface area contributed by atoms with E-state index in [0.29, 0.717) is 27.5 Å². The summed E-state index contributed by atoms with van der Waals surface area (Å²) in [4.78, 5) is 12.6. The van der Waals surface area contributed by atoms with Crippen LogP contribution >= 0.6 is 11.6 Å². The smallest absolute Gasteiger partial charge is 0.333 e. The normalized spacial score (nSPS) is 12.0. The minimum atomic E-state index is -1.02. The molecule has 28 heavy (non-hydrogen) atoms. The molecule has 0 aliphatic heterocycles. The fraction of sp³-hybridized carbons (Fsp3) is 0.211. The number of phenols is 1. The number of halogens is 1. The second-order valence-corrected chi connectivity index (χ2v) is 6.55. The molecule has 0 bridgehead atoms. The molecule has 2 aromatic carbocycles. The Hall–Kier alpha value is -3.10. The van der Waals surface area contributed by atoms with E-state index in [1.54, 1.807) is 30.3 Å². The molecule has 1 unspecified atom stereocenters. The monoisotopic (exact) mass is 403 g/mol. The van der Waals surface area contributed by atoms with E-state index in [9.17, 15) is 15.0 Å². The van der Waals surface area contributed by atoms with Gasteiger partial charge in [0.05, 0.1) is 0 Å². The third-order valence-electron chi connectivity index (χ3n) is 3.70. The number of fused-ring (bicyclic) bond motifs is 1. The van der Waals surface area contributed by atoms with Gasteiger partial charge in [0.1, 0.15) is 47.5 Å². The molecule has 0 aliphatic rings. The standard InChI is InChI=1S/C19H18ClN3O5/c1-11(2)19(26)28-10-13(24)9-27-14-4-6-17(18(25)8-14)23-21-15-5-3-12(20)7-16(15)22-23/h3-8,13,24-25H,1,9-10H2,2H3. The molecule has 3 rings (SSSR count). The Kier molecular flexibility index (Phi) is 5.81. The van der Waals surface area contributed by atoms with Crippen LogP contribution in [0.5, 0.6) is 11.5 Å². The van der Waals surface area contributed by atoms with E-state index < -0.39 is 12.1 Å².